The number of aldehydes is 1. The first-order valence-corrected chi connectivity index (χ1v) is 27.2. The number of nitrogens with one attached hydrogen (secondary N) is 7. The number of nitrogens with zero attached hydrogens (tertiary/aromatic N) is 3. The lowest BCUT2D eigenvalue weighted by atomic mass is 10.0. The third-order valence-electron chi connectivity index (χ3n) is 14.0. The molecule has 3 heterocycles. The molecule has 27 heteroatoms. The molecule has 27 nitrogen and oxygen atoms in total. The van der Waals surface area contributed by atoms with Gasteiger partial charge in [-0.3, -0.25) is 48.6 Å². The Kier molecular flexibility index (Phi) is 25.8. The second kappa shape index (κ2) is 32.6. The molecule has 5 aliphatic rings. The Hall–Kier alpha value is -7.66. The number of rotatable bonds is 19. The molecule has 0 saturated heterocycles. The summed E-state index contributed by atoms with van der Waals surface area (Å²) < 4.78 is 0. The van der Waals surface area contributed by atoms with Gasteiger partial charge < -0.3 is 84.1 Å². The number of hydroxylamine groups is 2. The van der Waals surface area contributed by atoms with Gasteiger partial charge in [0, 0.05) is 96.7 Å². The minimum Gasteiger partial charge on any atom is -0.509 e. The van der Waals surface area contributed by atoms with E-state index < -0.39 is 88.5 Å². The van der Waals surface area contributed by atoms with Gasteiger partial charge in [0.2, 0.25) is 5.91 Å². The Bertz CT molecular complexity index is 2620. The number of aromatic hydroxyl groups is 2. The molecule has 81 heavy (non-hydrogen) atoms. The van der Waals surface area contributed by atoms with E-state index in [0.717, 1.165) is 18.9 Å². The van der Waals surface area contributed by atoms with Crippen LogP contribution in [-0.4, -0.2) is 214 Å². The predicted octanol–water partition coefficient (Wildman–Crippen LogP) is -2.26. The molecule has 4 bridgehead atoms. The number of nitrogens with two attached hydrogens (primary N) is 2. The normalized spacial score (nSPS) is 21.9. The van der Waals surface area contributed by atoms with Gasteiger partial charge in [-0.1, -0.05) is 18.6 Å². The van der Waals surface area contributed by atoms with Gasteiger partial charge in [-0.15, -0.1) is 0 Å². The zero-order valence-corrected chi connectivity index (χ0v) is 45.2. The second-order valence-electron chi connectivity index (χ2n) is 19.8. The fourth-order valence-corrected chi connectivity index (χ4v) is 9.33. The first-order chi connectivity index (χ1) is 38.9. The summed E-state index contributed by atoms with van der Waals surface area (Å²) >= 11 is 0. The van der Waals surface area contributed by atoms with Crippen molar-refractivity contribution >= 4 is 47.6 Å². The van der Waals surface area contributed by atoms with Crippen molar-refractivity contribution < 1.29 is 74.2 Å². The van der Waals surface area contributed by atoms with E-state index in [1.54, 1.807) is 11.0 Å². The van der Waals surface area contributed by atoms with Gasteiger partial charge in [0.25, 0.3) is 35.4 Å². The maximum absolute atomic E-state index is 13.5. The van der Waals surface area contributed by atoms with E-state index in [1.165, 1.54) is 36.4 Å². The molecule has 444 valence electrons. The van der Waals surface area contributed by atoms with Crippen LogP contribution in [0, 0.1) is 5.92 Å². The minimum absolute atomic E-state index is 0.00565. The highest BCUT2D eigenvalue weighted by Crippen LogP contribution is 2.33. The standard InChI is InChI=1S/C54H78N12O15/c55-16-3-1-6-35(63-54(80)41-9-5-8-36(32-67)66(41)81)7-2-4-18-57-48(74)33-10-12-37(44(70)42(68)30-33)50(76)59-21-27-65-28-22-60-51(77)38-13-11-34(31-43(69)45(38)71)49(75)58-19-25-64(24-17-56)26-20-61-52(78)39-14-15-40(47(73)46(39)72)53(79)62-23-29-65/h9-15,30,32,34-36,42-43,68-73,81H,1-8,16-29,31,55-56H2,(H,57,74)(H,58,75)(H,59,76)(H,60,77)(H,61,78)(H,62,79)(H,63,80). The lowest BCUT2D eigenvalue weighted by molar-refractivity contribution is -0.142. The van der Waals surface area contributed by atoms with Crippen molar-refractivity contribution in [2.24, 2.45) is 17.4 Å². The summed E-state index contributed by atoms with van der Waals surface area (Å²) in [7, 11) is 0. The highest BCUT2D eigenvalue weighted by Gasteiger charge is 2.31. The van der Waals surface area contributed by atoms with Crippen LogP contribution in [0.5, 0.6) is 11.5 Å². The highest BCUT2D eigenvalue weighted by molar-refractivity contribution is 6.03. The average Bonchev–Trinajstić information content (AvgIpc) is 3.84. The fraction of sp³-hybridized carbons (Fsp3) is 0.519. The fourth-order valence-electron chi connectivity index (χ4n) is 9.33. The van der Waals surface area contributed by atoms with Crippen LogP contribution in [0.1, 0.15) is 78.5 Å². The number of amides is 7. The molecule has 0 aromatic heterocycles. The van der Waals surface area contributed by atoms with Crippen molar-refractivity contribution in [2.75, 3.05) is 91.6 Å². The number of fused-ring (bicyclic) bond motifs is 18. The third-order valence-corrected chi connectivity index (χ3v) is 14.0. The van der Waals surface area contributed by atoms with Gasteiger partial charge >= 0.3 is 0 Å². The molecule has 0 saturated carbocycles. The number of carbonyl (C=O) groups is 8. The topological polar surface area (TPSA) is 424 Å². The van der Waals surface area contributed by atoms with Gasteiger partial charge in [-0.2, -0.15) is 0 Å². The van der Waals surface area contributed by atoms with Crippen LogP contribution in [0.25, 0.3) is 0 Å². The number of phenols is 2. The summed E-state index contributed by atoms with van der Waals surface area (Å²) in [6, 6.07) is 1.26. The van der Waals surface area contributed by atoms with Crippen LogP contribution >= 0.6 is 0 Å². The van der Waals surface area contributed by atoms with Crippen molar-refractivity contribution in [2.45, 2.75) is 82.1 Å². The van der Waals surface area contributed by atoms with Gasteiger partial charge in [0.05, 0.1) is 28.2 Å². The Balaban J connectivity index is 1.19. The number of aliphatic hydroxyl groups excluding tert-OH is 4. The lowest BCUT2D eigenvalue weighted by Gasteiger charge is -2.30. The number of allylic oxidation sites excluding steroid dienone is 1. The molecule has 0 radical (unpaired) electrons. The summed E-state index contributed by atoms with van der Waals surface area (Å²) in [6.45, 7) is 2.05. The molecular weight excluding hydrogens is 1060 g/mol. The number of carbonyl (C=O) groups excluding carboxylic acids is 8. The van der Waals surface area contributed by atoms with Crippen LogP contribution < -0.4 is 48.7 Å². The van der Waals surface area contributed by atoms with Gasteiger partial charge in [-0.05, 0) is 94.3 Å². The summed E-state index contributed by atoms with van der Waals surface area (Å²) in [5.74, 6) is -8.70. The van der Waals surface area contributed by atoms with Crippen LogP contribution in [0.3, 0.4) is 0 Å². The molecule has 1 aromatic carbocycles. The quantitative estimate of drug-likeness (QED) is 0.0301. The van der Waals surface area contributed by atoms with Crippen LogP contribution in [-0.2, 0) is 28.8 Å². The summed E-state index contributed by atoms with van der Waals surface area (Å²) in [6.07, 6.45) is 9.36. The summed E-state index contributed by atoms with van der Waals surface area (Å²) in [5.41, 5.74) is 10.2. The van der Waals surface area contributed by atoms with E-state index in [2.05, 4.69) is 37.2 Å². The Morgan fingerprint density at radius 2 is 1.30 bits per heavy atom. The van der Waals surface area contributed by atoms with Gasteiger partial charge in [0.15, 0.2) is 11.5 Å². The number of hydrogen-bond donors (Lipinski definition) is 16. The average molecular weight is 1140 g/mol. The first kappa shape index (κ1) is 64.2. The van der Waals surface area contributed by atoms with E-state index >= 15 is 0 Å². The van der Waals surface area contributed by atoms with Crippen molar-refractivity contribution in [3.63, 3.8) is 0 Å². The van der Waals surface area contributed by atoms with Gasteiger partial charge in [0.1, 0.15) is 41.8 Å². The van der Waals surface area contributed by atoms with E-state index in [1.807, 2.05) is 4.90 Å². The number of hydrogen-bond acceptors (Lipinski definition) is 20. The van der Waals surface area contributed by atoms with E-state index in [0.29, 0.717) is 69.5 Å². The number of unbranched alkanes of at least 4 members (excludes halogenated alkanes) is 2. The number of phenolic OH excluding ortho intramolecular Hbond substituents is 2. The molecule has 0 spiro atoms. The van der Waals surface area contributed by atoms with E-state index in [-0.39, 0.29) is 118 Å². The van der Waals surface area contributed by atoms with Crippen molar-refractivity contribution in [3.05, 3.63) is 93.7 Å². The molecule has 0 fully saturated rings. The minimum atomic E-state index is -1.75. The molecular formula is C54H78N12O15. The second-order valence-corrected chi connectivity index (χ2v) is 19.8. The molecule has 5 atom stereocenters. The molecule has 1 aromatic rings. The Morgan fingerprint density at radius 3 is 1.91 bits per heavy atom. The summed E-state index contributed by atoms with van der Waals surface area (Å²) in [5, 5.41) is 95.1. The number of benzene rings is 1. The molecule has 6 rings (SSSR count). The predicted molar refractivity (Wildman–Crippen MR) is 294 cm³/mol. The van der Waals surface area contributed by atoms with Crippen LogP contribution in [0.2, 0.25) is 0 Å². The van der Waals surface area contributed by atoms with Crippen molar-refractivity contribution in [1.82, 2.24) is 52.1 Å². The molecule has 7 amide bonds. The maximum Gasteiger partial charge on any atom is 0.269 e. The maximum atomic E-state index is 13.5. The molecule has 3 aliphatic heterocycles. The lowest BCUT2D eigenvalue weighted by Crippen LogP contribution is -2.44. The molecule has 2 aliphatic carbocycles. The Morgan fingerprint density at radius 1 is 0.704 bits per heavy atom. The van der Waals surface area contributed by atoms with Crippen LogP contribution in [0.15, 0.2) is 82.5 Å². The zero-order valence-electron chi connectivity index (χ0n) is 45.2. The van der Waals surface area contributed by atoms with Crippen molar-refractivity contribution in [3.8, 4) is 11.5 Å². The monoisotopic (exact) mass is 1130 g/mol. The summed E-state index contributed by atoms with van der Waals surface area (Å²) in [4.78, 5) is 108. The van der Waals surface area contributed by atoms with Crippen molar-refractivity contribution in [1.29, 1.82) is 0 Å². The smallest absolute Gasteiger partial charge is 0.269 e. The highest BCUT2D eigenvalue weighted by atomic mass is 16.5. The van der Waals surface area contributed by atoms with E-state index in [9.17, 15) is 74.2 Å². The first-order valence-electron chi connectivity index (χ1n) is 27.2. The molecule has 18 N–H and O–H groups in total. The van der Waals surface area contributed by atoms with E-state index in [4.69, 9.17) is 11.5 Å². The zero-order chi connectivity index (χ0) is 59.0. The Labute approximate surface area is 468 Å². The largest absolute Gasteiger partial charge is 0.509 e. The SMILES string of the molecule is NCCCCC(CCCCNC(=O)C1=CC(O)C(O)=C(C(=O)NCCN2CCNC(=O)C3=C(O)C(O)CC(C=C3)C(=O)NCCN(CCN)CCNC(=O)c3ccc(c(O)c3O)C(=O)NCC2)C=C1)NC(=O)C1=CCCC(C=O)N1O. The third kappa shape index (κ3) is 19.0. The van der Waals surface area contributed by atoms with Gasteiger partial charge in [-0.25, -0.2) is 5.06 Å². The number of aliphatic hydroxyl groups is 4. The molecule has 5 unspecified atom stereocenters. The van der Waals surface area contributed by atoms with Crippen LogP contribution in [0.4, 0.5) is 0 Å².